The van der Waals surface area contributed by atoms with E-state index in [0.29, 0.717) is 32.3 Å². The Hall–Kier alpha value is -0.690. The van der Waals surface area contributed by atoms with Crippen molar-refractivity contribution in [3.63, 3.8) is 0 Å². The van der Waals surface area contributed by atoms with Crippen LogP contribution >= 0.6 is 0 Å². The molecule has 1 aliphatic rings. The second-order valence-electron chi connectivity index (χ2n) is 5.40. The fraction of sp³-hybridized carbons (Fsp3) is 0.929. The van der Waals surface area contributed by atoms with Crippen molar-refractivity contribution in [3.8, 4) is 0 Å². The van der Waals surface area contributed by atoms with Crippen LogP contribution < -0.4 is 0 Å². The number of β-amino-alcohol motifs (C(OH)–C–C–N with tert-alkyl or cyclic N) is 1. The first-order valence-electron chi connectivity index (χ1n) is 7.30. The van der Waals surface area contributed by atoms with Gasteiger partial charge in [-0.3, -0.25) is 4.79 Å². The molecule has 1 heterocycles. The van der Waals surface area contributed by atoms with Crippen LogP contribution in [-0.4, -0.2) is 73.8 Å². The molecule has 6 nitrogen and oxygen atoms in total. The van der Waals surface area contributed by atoms with Gasteiger partial charge in [-0.1, -0.05) is 0 Å². The molecule has 1 saturated heterocycles. The number of aliphatic hydroxyl groups is 1. The van der Waals surface area contributed by atoms with E-state index in [0.717, 1.165) is 32.4 Å². The van der Waals surface area contributed by atoms with Crippen LogP contribution in [0.2, 0.25) is 0 Å². The van der Waals surface area contributed by atoms with Crippen molar-refractivity contribution < 1.29 is 24.5 Å². The van der Waals surface area contributed by atoms with E-state index in [1.165, 1.54) is 0 Å². The van der Waals surface area contributed by atoms with Crippen molar-refractivity contribution in [1.29, 1.82) is 0 Å². The molecule has 0 aromatic carbocycles. The monoisotopic (exact) mass is 289 g/mol. The summed E-state index contributed by atoms with van der Waals surface area (Å²) < 4.78 is 10.2. The summed E-state index contributed by atoms with van der Waals surface area (Å²) >= 11 is 0. The number of methoxy groups -OCH3 is 1. The van der Waals surface area contributed by atoms with E-state index in [4.69, 9.17) is 14.6 Å². The maximum absolute atomic E-state index is 10.5. The maximum atomic E-state index is 10.5. The predicted molar refractivity (Wildman–Crippen MR) is 74.7 cm³/mol. The number of hydrogen-bond donors (Lipinski definition) is 2. The number of piperidine rings is 1. The number of carboxylic acid groups (broad SMARTS) is 1. The van der Waals surface area contributed by atoms with Crippen molar-refractivity contribution in [2.45, 2.75) is 31.8 Å². The number of likely N-dealkylation sites (tertiary alicyclic amines) is 1. The summed E-state index contributed by atoms with van der Waals surface area (Å²) in [6.45, 7) is 3.87. The Morgan fingerprint density at radius 1 is 1.35 bits per heavy atom. The summed E-state index contributed by atoms with van der Waals surface area (Å²) in [7, 11) is 1.62. The van der Waals surface area contributed by atoms with E-state index in [1.54, 1.807) is 7.11 Å². The van der Waals surface area contributed by atoms with Gasteiger partial charge < -0.3 is 24.6 Å². The highest BCUT2D eigenvalue weighted by molar-refractivity contribution is 5.66. The predicted octanol–water partition coefficient (Wildman–Crippen LogP) is 0.587. The Labute approximate surface area is 120 Å². The number of rotatable bonds is 10. The van der Waals surface area contributed by atoms with Crippen LogP contribution in [0.3, 0.4) is 0 Å². The molecule has 0 bridgehead atoms. The van der Waals surface area contributed by atoms with Gasteiger partial charge in [0.25, 0.3) is 0 Å². The molecule has 0 radical (unpaired) electrons. The van der Waals surface area contributed by atoms with Gasteiger partial charge in [0.2, 0.25) is 0 Å². The van der Waals surface area contributed by atoms with E-state index < -0.39 is 12.1 Å². The third kappa shape index (κ3) is 7.79. The third-order valence-electron chi connectivity index (χ3n) is 3.68. The molecular weight excluding hydrogens is 262 g/mol. The molecule has 0 aromatic heterocycles. The fourth-order valence-electron chi connectivity index (χ4n) is 2.50. The maximum Gasteiger partial charge on any atom is 0.303 e. The van der Waals surface area contributed by atoms with Crippen LogP contribution in [0.15, 0.2) is 0 Å². The van der Waals surface area contributed by atoms with Gasteiger partial charge in [0.1, 0.15) is 0 Å². The molecule has 1 rings (SSSR count). The summed E-state index contributed by atoms with van der Waals surface area (Å²) in [5.74, 6) is -0.200. The summed E-state index contributed by atoms with van der Waals surface area (Å²) in [4.78, 5) is 12.8. The smallest absolute Gasteiger partial charge is 0.303 e. The fourth-order valence-corrected chi connectivity index (χ4v) is 2.50. The van der Waals surface area contributed by atoms with Crippen LogP contribution in [0.25, 0.3) is 0 Å². The molecule has 1 fully saturated rings. The number of nitrogens with zero attached hydrogens (tertiary/aromatic N) is 1. The zero-order valence-electron chi connectivity index (χ0n) is 12.3. The molecule has 0 aromatic rings. The Bertz CT molecular complexity index is 266. The summed E-state index contributed by atoms with van der Waals surface area (Å²) in [5.41, 5.74) is 0. The molecule has 20 heavy (non-hydrogen) atoms. The largest absolute Gasteiger partial charge is 0.481 e. The van der Waals surface area contributed by atoms with Crippen LogP contribution in [0.1, 0.15) is 25.7 Å². The van der Waals surface area contributed by atoms with Crippen molar-refractivity contribution in [2.75, 3.05) is 46.6 Å². The minimum atomic E-state index is -0.712. The molecule has 0 saturated carbocycles. The van der Waals surface area contributed by atoms with Gasteiger partial charge in [0.05, 0.1) is 25.9 Å². The number of aliphatic carboxylic acids is 1. The Morgan fingerprint density at radius 3 is 2.65 bits per heavy atom. The summed E-state index contributed by atoms with van der Waals surface area (Å²) in [6, 6.07) is 0. The summed E-state index contributed by atoms with van der Waals surface area (Å²) in [6.07, 6.45) is 2.60. The highest BCUT2D eigenvalue weighted by Crippen LogP contribution is 2.21. The van der Waals surface area contributed by atoms with Gasteiger partial charge in [0.15, 0.2) is 0 Å². The molecule has 1 atom stereocenters. The standard InChI is InChI=1S/C14H27NO5/c1-19-8-9-20-11-13(16)10-15-6-4-12(5-7-15)2-3-14(17)18/h12-13,16H,2-11H2,1H3,(H,17,18). The average molecular weight is 289 g/mol. The van der Waals surface area contributed by atoms with Gasteiger partial charge in [-0.25, -0.2) is 0 Å². The first-order chi connectivity index (χ1) is 9.61. The molecule has 0 aliphatic carbocycles. The van der Waals surface area contributed by atoms with E-state index in [2.05, 4.69) is 4.90 Å². The molecular formula is C14H27NO5. The van der Waals surface area contributed by atoms with Gasteiger partial charge in [-0.15, -0.1) is 0 Å². The summed E-state index contributed by atoms with van der Waals surface area (Å²) in [5, 5.41) is 18.5. The Kier molecular flexibility index (Phi) is 8.77. The number of ether oxygens (including phenoxy) is 2. The van der Waals surface area contributed by atoms with Crippen LogP contribution in [0.4, 0.5) is 0 Å². The van der Waals surface area contributed by atoms with E-state index in [-0.39, 0.29) is 6.42 Å². The zero-order chi connectivity index (χ0) is 14.8. The number of hydrogen-bond acceptors (Lipinski definition) is 5. The second kappa shape index (κ2) is 10.1. The lowest BCUT2D eigenvalue weighted by molar-refractivity contribution is -0.137. The Morgan fingerprint density at radius 2 is 2.05 bits per heavy atom. The SMILES string of the molecule is COCCOCC(O)CN1CCC(CCC(=O)O)CC1. The number of carbonyl (C=O) groups is 1. The quantitative estimate of drug-likeness (QED) is 0.573. The molecule has 2 N–H and O–H groups in total. The molecule has 1 unspecified atom stereocenters. The molecule has 118 valence electrons. The van der Waals surface area contributed by atoms with Gasteiger partial charge in [-0.2, -0.15) is 0 Å². The van der Waals surface area contributed by atoms with E-state index in [9.17, 15) is 9.90 Å². The minimum Gasteiger partial charge on any atom is -0.481 e. The van der Waals surface area contributed by atoms with Crippen molar-refractivity contribution in [1.82, 2.24) is 4.90 Å². The van der Waals surface area contributed by atoms with Crippen molar-refractivity contribution in [2.24, 2.45) is 5.92 Å². The normalized spacial score (nSPS) is 19.1. The number of carboxylic acids is 1. The second-order valence-corrected chi connectivity index (χ2v) is 5.40. The van der Waals surface area contributed by atoms with E-state index >= 15 is 0 Å². The van der Waals surface area contributed by atoms with Crippen LogP contribution in [-0.2, 0) is 14.3 Å². The Balaban J connectivity index is 2.07. The van der Waals surface area contributed by atoms with Crippen molar-refractivity contribution >= 4 is 5.97 Å². The van der Waals surface area contributed by atoms with Crippen LogP contribution in [0, 0.1) is 5.92 Å². The zero-order valence-corrected chi connectivity index (χ0v) is 12.3. The first-order valence-corrected chi connectivity index (χ1v) is 7.30. The van der Waals surface area contributed by atoms with Gasteiger partial charge in [0, 0.05) is 20.1 Å². The van der Waals surface area contributed by atoms with E-state index in [1.807, 2.05) is 0 Å². The molecule has 0 amide bonds. The minimum absolute atomic E-state index is 0.265. The lowest BCUT2D eigenvalue weighted by Gasteiger charge is -2.33. The van der Waals surface area contributed by atoms with Gasteiger partial charge >= 0.3 is 5.97 Å². The van der Waals surface area contributed by atoms with Gasteiger partial charge in [-0.05, 0) is 38.3 Å². The average Bonchev–Trinajstić information content (AvgIpc) is 2.43. The lowest BCUT2D eigenvalue weighted by atomic mass is 9.92. The molecule has 1 aliphatic heterocycles. The lowest BCUT2D eigenvalue weighted by Crippen LogP contribution is -2.40. The molecule has 0 spiro atoms. The highest BCUT2D eigenvalue weighted by Gasteiger charge is 2.21. The van der Waals surface area contributed by atoms with Crippen LogP contribution in [0.5, 0.6) is 0 Å². The molecule has 6 heteroatoms. The first kappa shape index (κ1) is 17.4. The third-order valence-corrected chi connectivity index (χ3v) is 3.68. The van der Waals surface area contributed by atoms with Crippen molar-refractivity contribution in [3.05, 3.63) is 0 Å². The highest BCUT2D eigenvalue weighted by atomic mass is 16.5. The number of aliphatic hydroxyl groups excluding tert-OH is 1. The topological polar surface area (TPSA) is 79.2 Å².